The van der Waals surface area contributed by atoms with E-state index in [1.807, 2.05) is 25.3 Å². The second kappa shape index (κ2) is 6.57. The standard InChI is InChI=1S/C16H24N4/c1-4-20(5-2)10-9-18-16-13-7-6-8-14(17)15(13)12(3)11-19-16/h6-8,11H,4-5,9-10,17H2,1-3H3,(H,18,19). The van der Waals surface area contributed by atoms with Crippen LogP contribution in [0.4, 0.5) is 11.5 Å². The van der Waals surface area contributed by atoms with E-state index in [9.17, 15) is 0 Å². The SMILES string of the molecule is CCN(CC)CCNc1ncc(C)c2c(N)cccc12. The molecule has 3 N–H and O–H groups in total. The van der Waals surface area contributed by atoms with Crippen LogP contribution in [0.1, 0.15) is 19.4 Å². The van der Waals surface area contributed by atoms with Gasteiger partial charge in [0.25, 0.3) is 0 Å². The van der Waals surface area contributed by atoms with Crippen molar-refractivity contribution in [2.75, 3.05) is 37.2 Å². The zero-order valence-corrected chi connectivity index (χ0v) is 12.6. The summed E-state index contributed by atoms with van der Waals surface area (Å²) in [7, 11) is 0. The Morgan fingerprint density at radius 1 is 1.25 bits per heavy atom. The highest BCUT2D eigenvalue weighted by Crippen LogP contribution is 2.28. The number of nitrogens with zero attached hydrogens (tertiary/aromatic N) is 2. The highest BCUT2D eigenvalue weighted by atomic mass is 15.1. The molecule has 0 atom stereocenters. The Morgan fingerprint density at radius 2 is 2.00 bits per heavy atom. The molecule has 4 heteroatoms. The van der Waals surface area contributed by atoms with Crippen LogP contribution >= 0.6 is 0 Å². The maximum atomic E-state index is 6.08. The molecule has 1 aromatic carbocycles. The van der Waals surface area contributed by atoms with Crippen molar-refractivity contribution in [2.45, 2.75) is 20.8 Å². The summed E-state index contributed by atoms with van der Waals surface area (Å²) in [5, 5.41) is 5.64. The molecule has 0 bridgehead atoms. The van der Waals surface area contributed by atoms with Crippen molar-refractivity contribution in [1.82, 2.24) is 9.88 Å². The van der Waals surface area contributed by atoms with Crippen LogP contribution < -0.4 is 11.1 Å². The van der Waals surface area contributed by atoms with Gasteiger partial charge >= 0.3 is 0 Å². The molecule has 0 fully saturated rings. The molecule has 0 saturated carbocycles. The molecule has 0 radical (unpaired) electrons. The molecule has 2 aromatic rings. The Labute approximate surface area is 121 Å². The van der Waals surface area contributed by atoms with Crippen LogP contribution in [0.3, 0.4) is 0 Å². The zero-order chi connectivity index (χ0) is 14.5. The number of aromatic nitrogens is 1. The highest BCUT2D eigenvalue weighted by Gasteiger charge is 2.07. The summed E-state index contributed by atoms with van der Waals surface area (Å²) < 4.78 is 0. The molecule has 0 aliphatic heterocycles. The van der Waals surface area contributed by atoms with Crippen molar-refractivity contribution in [2.24, 2.45) is 0 Å². The first kappa shape index (κ1) is 14.6. The average molecular weight is 272 g/mol. The number of aryl methyl sites for hydroxylation is 1. The third-order valence-electron chi connectivity index (χ3n) is 3.75. The summed E-state index contributed by atoms with van der Waals surface area (Å²) in [6, 6.07) is 5.99. The molecule has 0 spiro atoms. The first-order valence-electron chi connectivity index (χ1n) is 7.27. The number of rotatable bonds is 6. The number of likely N-dealkylation sites (N-methyl/N-ethyl adjacent to an activating group) is 1. The minimum atomic E-state index is 0.814. The van der Waals surface area contributed by atoms with E-state index >= 15 is 0 Å². The molecule has 2 rings (SSSR count). The van der Waals surface area contributed by atoms with E-state index < -0.39 is 0 Å². The number of hydrogen-bond donors (Lipinski definition) is 2. The second-order valence-corrected chi connectivity index (χ2v) is 5.01. The molecule has 108 valence electrons. The van der Waals surface area contributed by atoms with Gasteiger partial charge in [0.05, 0.1) is 0 Å². The van der Waals surface area contributed by atoms with Crippen LogP contribution in [0.15, 0.2) is 24.4 Å². The van der Waals surface area contributed by atoms with Crippen LogP contribution in [0.5, 0.6) is 0 Å². The van der Waals surface area contributed by atoms with Gasteiger partial charge in [-0.25, -0.2) is 4.98 Å². The van der Waals surface area contributed by atoms with Gasteiger partial charge in [-0.3, -0.25) is 0 Å². The Morgan fingerprint density at radius 3 is 2.70 bits per heavy atom. The fraction of sp³-hybridized carbons (Fsp3) is 0.438. The van der Waals surface area contributed by atoms with E-state index in [2.05, 4.69) is 35.1 Å². The normalized spacial score (nSPS) is 11.2. The van der Waals surface area contributed by atoms with Gasteiger partial charge in [0.1, 0.15) is 5.82 Å². The third-order valence-corrected chi connectivity index (χ3v) is 3.75. The number of hydrogen-bond acceptors (Lipinski definition) is 4. The predicted molar refractivity (Wildman–Crippen MR) is 87.2 cm³/mol. The average Bonchev–Trinajstić information content (AvgIpc) is 2.46. The number of nitrogens with two attached hydrogens (primary N) is 1. The topological polar surface area (TPSA) is 54.2 Å². The largest absolute Gasteiger partial charge is 0.398 e. The summed E-state index contributed by atoms with van der Waals surface area (Å²) in [6.07, 6.45) is 1.89. The lowest BCUT2D eigenvalue weighted by atomic mass is 10.1. The molecule has 0 aliphatic carbocycles. The van der Waals surface area contributed by atoms with Gasteiger partial charge in [0.2, 0.25) is 0 Å². The van der Waals surface area contributed by atoms with E-state index in [4.69, 9.17) is 5.73 Å². The zero-order valence-electron chi connectivity index (χ0n) is 12.6. The maximum absolute atomic E-state index is 6.08. The van der Waals surface area contributed by atoms with Crippen LogP contribution in [-0.2, 0) is 0 Å². The van der Waals surface area contributed by atoms with Crippen LogP contribution in [0, 0.1) is 6.92 Å². The first-order valence-corrected chi connectivity index (χ1v) is 7.27. The molecular formula is C16H24N4. The fourth-order valence-corrected chi connectivity index (χ4v) is 2.52. The maximum Gasteiger partial charge on any atom is 0.133 e. The smallest absolute Gasteiger partial charge is 0.133 e. The number of nitrogens with one attached hydrogen (secondary N) is 1. The highest BCUT2D eigenvalue weighted by molar-refractivity contribution is 6.01. The fourth-order valence-electron chi connectivity index (χ4n) is 2.52. The molecule has 20 heavy (non-hydrogen) atoms. The minimum absolute atomic E-state index is 0.814. The van der Waals surface area contributed by atoms with E-state index in [1.165, 1.54) is 0 Å². The van der Waals surface area contributed by atoms with Crippen molar-refractivity contribution < 1.29 is 0 Å². The number of nitrogen functional groups attached to an aromatic ring is 1. The van der Waals surface area contributed by atoms with Crippen LogP contribution in [0.25, 0.3) is 10.8 Å². The Kier molecular flexibility index (Phi) is 4.79. The number of benzene rings is 1. The van der Waals surface area contributed by atoms with Crippen molar-refractivity contribution in [3.05, 3.63) is 30.0 Å². The second-order valence-electron chi connectivity index (χ2n) is 5.01. The Hall–Kier alpha value is -1.81. The molecule has 0 aliphatic rings. The van der Waals surface area contributed by atoms with Gasteiger partial charge in [0, 0.05) is 35.7 Å². The molecule has 1 aromatic heterocycles. The summed E-state index contributed by atoms with van der Waals surface area (Å²) >= 11 is 0. The van der Waals surface area contributed by atoms with Gasteiger partial charge in [-0.2, -0.15) is 0 Å². The van der Waals surface area contributed by atoms with Gasteiger partial charge in [-0.15, -0.1) is 0 Å². The minimum Gasteiger partial charge on any atom is -0.398 e. The summed E-state index contributed by atoms with van der Waals surface area (Å²) in [5.41, 5.74) is 8.01. The Balaban J connectivity index is 2.19. The van der Waals surface area contributed by atoms with Crippen molar-refractivity contribution in [1.29, 1.82) is 0 Å². The molecular weight excluding hydrogens is 248 g/mol. The number of fused-ring (bicyclic) bond motifs is 1. The summed E-state index contributed by atoms with van der Waals surface area (Å²) in [6.45, 7) is 10.5. The van der Waals surface area contributed by atoms with Crippen molar-refractivity contribution in [3.63, 3.8) is 0 Å². The van der Waals surface area contributed by atoms with Crippen molar-refractivity contribution >= 4 is 22.3 Å². The van der Waals surface area contributed by atoms with E-state index in [1.54, 1.807) is 0 Å². The lowest BCUT2D eigenvalue weighted by Crippen LogP contribution is -2.28. The quantitative estimate of drug-likeness (QED) is 0.794. The van der Waals surface area contributed by atoms with Gasteiger partial charge in [-0.05, 0) is 31.6 Å². The van der Waals surface area contributed by atoms with Crippen LogP contribution in [0.2, 0.25) is 0 Å². The summed E-state index contributed by atoms with van der Waals surface area (Å²) in [5.74, 6) is 0.921. The predicted octanol–water partition coefficient (Wildman–Crippen LogP) is 2.88. The first-order chi connectivity index (χ1) is 9.67. The molecule has 0 saturated heterocycles. The lowest BCUT2D eigenvalue weighted by Gasteiger charge is -2.19. The Bertz CT molecular complexity index is 568. The van der Waals surface area contributed by atoms with E-state index in [-0.39, 0.29) is 0 Å². The van der Waals surface area contributed by atoms with Crippen molar-refractivity contribution in [3.8, 4) is 0 Å². The molecule has 4 nitrogen and oxygen atoms in total. The lowest BCUT2D eigenvalue weighted by molar-refractivity contribution is 0.316. The van der Waals surface area contributed by atoms with E-state index in [0.717, 1.165) is 54.0 Å². The monoisotopic (exact) mass is 272 g/mol. The van der Waals surface area contributed by atoms with E-state index in [0.29, 0.717) is 0 Å². The van der Waals surface area contributed by atoms with Crippen LogP contribution in [-0.4, -0.2) is 36.1 Å². The molecule has 0 unspecified atom stereocenters. The third kappa shape index (κ3) is 3.02. The number of anilines is 2. The molecule has 1 heterocycles. The van der Waals surface area contributed by atoms with Gasteiger partial charge in [-0.1, -0.05) is 26.0 Å². The number of pyridine rings is 1. The van der Waals surface area contributed by atoms with Gasteiger partial charge < -0.3 is 16.0 Å². The van der Waals surface area contributed by atoms with Gasteiger partial charge in [0.15, 0.2) is 0 Å². The molecule has 0 amide bonds. The summed E-state index contributed by atoms with van der Waals surface area (Å²) in [4.78, 5) is 6.90.